The summed E-state index contributed by atoms with van der Waals surface area (Å²) in [6.45, 7) is 5.94. The maximum atomic E-state index is 12.3. The lowest BCUT2D eigenvalue weighted by Gasteiger charge is -2.24. The fourth-order valence-electron chi connectivity index (χ4n) is 2.82. The molecule has 2 heterocycles. The van der Waals surface area contributed by atoms with Gasteiger partial charge in [-0.15, -0.1) is 0 Å². The van der Waals surface area contributed by atoms with Gasteiger partial charge in [0.15, 0.2) is 0 Å². The Balaban J connectivity index is 0.000000383. The largest absolute Gasteiger partial charge is 0.490 e. The molecule has 36 heavy (non-hydrogen) atoms. The SMILES string of the molecule is C=CC(=O)N(CCc1ccncc1)c1cccc2c1CNC2.O=C(O)C(F)(F)F.O=C(O)C(F)(F)F. The molecule has 196 valence electrons. The van der Waals surface area contributed by atoms with Gasteiger partial charge in [-0.3, -0.25) is 9.78 Å². The lowest BCUT2D eigenvalue weighted by molar-refractivity contribution is -0.193. The van der Waals surface area contributed by atoms with Crippen molar-refractivity contribution in [3.8, 4) is 0 Å². The Morgan fingerprint density at radius 3 is 1.97 bits per heavy atom. The number of halogens is 6. The summed E-state index contributed by atoms with van der Waals surface area (Å²) in [7, 11) is 0. The van der Waals surface area contributed by atoms with Crippen molar-refractivity contribution in [3.63, 3.8) is 0 Å². The molecule has 3 N–H and O–H groups in total. The second-order valence-electron chi connectivity index (χ2n) is 6.92. The number of carbonyl (C=O) groups is 3. The number of nitrogens with one attached hydrogen (secondary N) is 1. The summed E-state index contributed by atoms with van der Waals surface area (Å²) in [5.74, 6) is -5.57. The first kappa shape index (κ1) is 30.1. The van der Waals surface area contributed by atoms with E-state index in [1.54, 1.807) is 12.4 Å². The summed E-state index contributed by atoms with van der Waals surface area (Å²) < 4.78 is 63.5. The predicted molar refractivity (Wildman–Crippen MR) is 115 cm³/mol. The Morgan fingerprint density at radius 2 is 1.50 bits per heavy atom. The van der Waals surface area contributed by atoms with Crippen LogP contribution >= 0.6 is 0 Å². The van der Waals surface area contributed by atoms with Crippen LogP contribution < -0.4 is 10.2 Å². The molecule has 1 aromatic carbocycles. The smallest absolute Gasteiger partial charge is 0.475 e. The van der Waals surface area contributed by atoms with Gasteiger partial charge in [0, 0.05) is 37.7 Å². The van der Waals surface area contributed by atoms with Gasteiger partial charge in [-0.1, -0.05) is 18.7 Å². The molecule has 0 fully saturated rings. The molecule has 0 radical (unpaired) electrons. The molecule has 0 atom stereocenters. The Morgan fingerprint density at radius 1 is 0.972 bits per heavy atom. The lowest BCUT2D eigenvalue weighted by Crippen LogP contribution is -2.32. The quantitative estimate of drug-likeness (QED) is 0.405. The molecule has 0 bridgehead atoms. The number of alkyl halides is 6. The fraction of sp³-hybridized carbons (Fsp3) is 0.273. The molecule has 8 nitrogen and oxygen atoms in total. The van der Waals surface area contributed by atoms with E-state index in [9.17, 15) is 31.1 Å². The maximum absolute atomic E-state index is 12.3. The van der Waals surface area contributed by atoms with Crippen LogP contribution in [0.3, 0.4) is 0 Å². The Labute approximate surface area is 200 Å². The standard InChI is InChI=1S/C18H19N3O.2C2HF3O2/c1-2-18(22)21(11-8-14-6-9-19-10-7-14)17-5-3-4-15-12-20-13-16(15)17;2*3-2(4,5)1(6)7/h2-7,9-10,20H,1,8,11-13H2;2*(H,6,7). The van der Waals surface area contributed by atoms with Crippen LogP contribution in [0.1, 0.15) is 16.7 Å². The number of anilines is 1. The van der Waals surface area contributed by atoms with Crippen LogP contribution in [0.25, 0.3) is 0 Å². The molecule has 0 spiro atoms. The molecule has 0 saturated heterocycles. The molecule has 1 aliphatic heterocycles. The number of aliphatic carboxylic acids is 2. The topological polar surface area (TPSA) is 120 Å². The monoisotopic (exact) mass is 521 g/mol. The van der Waals surface area contributed by atoms with E-state index >= 15 is 0 Å². The van der Waals surface area contributed by atoms with E-state index in [1.807, 2.05) is 29.2 Å². The molecular formula is C22H21F6N3O5. The van der Waals surface area contributed by atoms with Crippen molar-refractivity contribution in [3.05, 3.63) is 72.1 Å². The van der Waals surface area contributed by atoms with E-state index < -0.39 is 24.3 Å². The third-order valence-corrected chi connectivity index (χ3v) is 4.46. The number of aromatic nitrogens is 1. The fourth-order valence-corrected chi connectivity index (χ4v) is 2.82. The number of hydrogen-bond acceptors (Lipinski definition) is 5. The highest BCUT2D eigenvalue weighted by Crippen LogP contribution is 2.28. The van der Waals surface area contributed by atoms with E-state index in [0.717, 1.165) is 25.2 Å². The van der Waals surface area contributed by atoms with Gasteiger partial charge in [0.1, 0.15) is 0 Å². The third kappa shape index (κ3) is 9.74. The molecule has 0 aliphatic carbocycles. The van der Waals surface area contributed by atoms with Crippen molar-refractivity contribution in [2.45, 2.75) is 31.9 Å². The first-order chi connectivity index (χ1) is 16.7. The highest BCUT2D eigenvalue weighted by Gasteiger charge is 2.38. The summed E-state index contributed by atoms with van der Waals surface area (Å²) in [6.07, 6.45) is -4.44. The van der Waals surface area contributed by atoms with Gasteiger partial charge in [0.05, 0.1) is 0 Å². The average molecular weight is 521 g/mol. The number of benzene rings is 1. The van der Waals surface area contributed by atoms with Gasteiger partial charge in [-0.05, 0) is 47.4 Å². The van der Waals surface area contributed by atoms with Gasteiger partial charge >= 0.3 is 24.3 Å². The lowest BCUT2D eigenvalue weighted by atomic mass is 10.1. The van der Waals surface area contributed by atoms with E-state index in [-0.39, 0.29) is 5.91 Å². The second kappa shape index (κ2) is 13.2. The van der Waals surface area contributed by atoms with Crippen molar-refractivity contribution in [1.29, 1.82) is 0 Å². The molecule has 0 saturated carbocycles. The van der Waals surface area contributed by atoms with E-state index in [2.05, 4.69) is 22.9 Å². The number of carboxylic acid groups (broad SMARTS) is 2. The highest BCUT2D eigenvalue weighted by atomic mass is 19.4. The zero-order valence-electron chi connectivity index (χ0n) is 18.4. The summed E-state index contributed by atoms with van der Waals surface area (Å²) >= 11 is 0. The van der Waals surface area contributed by atoms with Crippen LogP contribution in [0, 0.1) is 0 Å². The number of pyridine rings is 1. The van der Waals surface area contributed by atoms with Crippen LogP contribution in [0.2, 0.25) is 0 Å². The molecule has 2 aromatic rings. The predicted octanol–water partition coefficient (Wildman–Crippen LogP) is 3.71. The minimum Gasteiger partial charge on any atom is -0.475 e. The number of carbonyl (C=O) groups excluding carboxylic acids is 1. The number of carboxylic acids is 2. The average Bonchev–Trinajstić information content (AvgIpc) is 3.29. The molecule has 0 unspecified atom stereocenters. The number of nitrogens with zero attached hydrogens (tertiary/aromatic N) is 2. The summed E-state index contributed by atoms with van der Waals surface area (Å²) in [5, 5.41) is 17.6. The zero-order valence-corrected chi connectivity index (χ0v) is 18.4. The van der Waals surface area contributed by atoms with Crippen LogP contribution in [0.15, 0.2) is 55.4 Å². The Bertz CT molecular complexity index is 1030. The van der Waals surface area contributed by atoms with Gasteiger partial charge in [0.2, 0.25) is 5.91 Å². The molecule has 1 aliphatic rings. The van der Waals surface area contributed by atoms with Gasteiger partial charge in [-0.2, -0.15) is 26.3 Å². The van der Waals surface area contributed by atoms with Crippen LogP contribution in [-0.2, 0) is 33.9 Å². The highest BCUT2D eigenvalue weighted by molar-refractivity contribution is 6.01. The van der Waals surface area contributed by atoms with Crippen molar-refractivity contribution in [1.82, 2.24) is 10.3 Å². The molecule has 14 heteroatoms. The maximum Gasteiger partial charge on any atom is 0.490 e. The number of fused-ring (bicyclic) bond motifs is 1. The van der Waals surface area contributed by atoms with Crippen molar-refractivity contribution in [2.75, 3.05) is 11.4 Å². The van der Waals surface area contributed by atoms with Crippen molar-refractivity contribution in [2.24, 2.45) is 0 Å². The minimum absolute atomic E-state index is 0.0608. The normalized spacial score (nSPS) is 12.2. The number of amides is 1. The molecule has 3 rings (SSSR count). The molecule has 1 amide bonds. The Kier molecular flexibility index (Phi) is 11.1. The van der Waals surface area contributed by atoms with E-state index in [0.29, 0.717) is 6.54 Å². The van der Waals surface area contributed by atoms with Crippen molar-refractivity contribution < 1.29 is 50.9 Å². The van der Waals surface area contributed by atoms with Gasteiger partial charge in [-0.25, -0.2) is 9.59 Å². The zero-order chi connectivity index (χ0) is 27.5. The van der Waals surface area contributed by atoms with Crippen LogP contribution in [0.5, 0.6) is 0 Å². The minimum atomic E-state index is -5.08. The summed E-state index contributed by atoms with van der Waals surface area (Å²) in [4.78, 5) is 35.9. The van der Waals surface area contributed by atoms with Crippen LogP contribution in [0.4, 0.5) is 32.0 Å². The van der Waals surface area contributed by atoms with Gasteiger partial charge in [0.25, 0.3) is 0 Å². The van der Waals surface area contributed by atoms with Crippen molar-refractivity contribution >= 4 is 23.5 Å². The van der Waals surface area contributed by atoms with E-state index in [4.69, 9.17) is 19.8 Å². The van der Waals surface area contributed by atoms with Gasteiger partial charge < -0.3 is 20.4 Å². The van der Waals surface area contributed by atoms with E-state index in [1.165, 1.54) is 22.8 Å². The Hall–Kier alpha value is -3.94. The second-order valence-corrected chi connectivity index (χ2v) is 6.92. The first-order valence-electron chi connectivity index (χ1n) is 9.93. The number of rotatable bonds is 5. The molecular weight excluding hydrogens is 500 g/mol. The van der Waals surface area contributed by atoms with Crippen LogP contribution in [-0.4, -0.2) is 51.9 Å². The summed E-state index contributed by atoms with van der Waals surface area (Å²) in [5.41, 5.74) is 4.64. The third-order valence-electron chi connectivity index (χ3n) is 4.46. The summed E-state index contributed by atoms with van der Waals surface area (Å²) in [6, 6.07) is 10.1. The first-order valence-corrected chi connectivity index (χ1v) is 9.93. The number of hydrogen-bond donors (Lipinski definition) is 3. The molecule has 1 aromatic heterocycles.